The maximum absolute atomic E-state index is 11.7. The largest absolute Gasteiger partial charge is 0.494 e. The first-order chi connectivity index (χ1) is 8.29. The molecule has 1 aliphatic rings. The van der Waals surface area contributed by atoms with Crippen LogP contribution in [0.2, 0.25) is 0 Å². The van der Waals surface area contributed by atoms with Gasteiger partial charge in [-0.15, -0.1) is 0 Å². The molecule has 0 amide bonds. The molecule has 0 heterocycles. The van der Waals surface area contributed by atoms with Crippen molar-refractivity contribution in [2.45, 2.75) is 32.6 Å². The van der Waals surface area contributed by atoms with Crippen LogP contribution in [0, 0.1) is 0 Å². The summed E-state index contributed by atoms with van der Waals surface area (Å²) in [6.07, 6.45) is 5.79. The maximum atomic E-state index is 11.7. The van der Waals surface area contributed by atoms with Gasteiger partial charge in [0.15, 0.2) is 5.78 Å². The van der Waals surface area contributed by atoms with Crippen molar-refractivity contribution in [1.29, 1.82) is 0 Å². The van der Waals surface area contributed by atoms with Crippen LogP contribution in [0.15, 0.2) is 29.8 Å². The van der Waals surface area contributed by atoms with E-state index < -0.39 is 0 Å². The third-order valence-electron chi connectivity index (χ3n) is 2.97. The summed E-state index contributed by atoms with van der Waals surface area (Å²) in [5.41, 5.74) is 2.02. The first-order valence-electron chi connectivity index (χ1n) is 6.26. The lowest BCUT2D eigenvalue weighted by atomic mass is 9.92. The summed E-state index contributed by atoms with van der Waals surface area (Å²) in [6.45, 7) is 2.63. The molecule has 2 nitrogen and oxygen atoms in total. The van der Waals surface area contributed by atoms with Crippen LogP contribution >= 0.6 is 0 Å². The van der Waals surface area contributed by atoms with E-state index in [4.69, 9.17) is 4.74 Å². The molecule has 17 heavy (non-hydrogen) atoms. The molecule has 90 valence electrons. The second-order valence-electron chi connectivity index (χ2n) is 4.31. The Labute approximate surface area is 102 Å². The van der Waals surface area contributed by atoms with Gasteiger partial charge < -0.3 is 4.74 Å². The van der Waals surface area contributed by atoms with Gasteiger partial charge in [0.25, 0.3) is 0 Å². The highest BCUT2D eigenvalue weighted by Crippen LogP contribution is 2.23. The van der Waals surface area contributed by atoms with Gasteiger partial charge in [-0.3, -0.25) is 4.79 Å². The zero-order chi connectivity index (χ0) is 12.1. The highest BCUT2D eigenvalue weighted by atomic mass is 16.5. The van der Waals surface area contributed by atoms with E-state index in [1.54, 1.807) is 0 Å². The van der Waals surface area contributed by atoms with Crippen LogP contribution in [0.1, 0.15) is 38.2 Å². The summed E-state index contributed by atoms with van der Waals surface area (Å²) in [7, 11) is 0. The van der Waals surface area contributed by atoms with E-state index in [-0.39, 0.29) is 0 Å². The Hall–Kier alpha value is -1.57. The Morgan fingerprint density at radius 1 is 1.29 bits per heavy atom. The number of ketones is 1. The molecule has 1 aromatic rings. The van der Waals surface area contributed by atoms with E-state index in [2.05, 4.69) is 0 Å². The van der Waals surface area contributed by atoms with Gasteiger partial charge in [0.2, 0.25) is 0 Å². The molecule has 0 spiro atoms. The monoisotopic (exact) mass is 230 g/mol. The molecule has 0 saturated heterocycles. The van der Waals surface area contributed by atoms with E-state index >= 15 is 0 Å². The summed E-state index contributed by atoms with van der Waals surface area (Å²) >= 11 is 0. The number of hydrogen-bond acceptors (Lipinski definition) is 2. The predicted octanol–water partition coefficient (Wildman–Crippen LogP) is 3.61. The van der Waals surface area contributed by atoms with E-state index in [0.29, 0.717) is 18.8 Å². The Bertz CT molecular complexity index is 432. The van der Waals surface area contributed by atoms with Gasteiger partial charge in [-0.1, -0.05) is 12.1 Å². The number of Topliss-reactive ketones (excluding diaryl/α,β-unsaturated/α-hetero) is 1. The fourth-order valence-corrected chi connectivity index (χ4v) is 2.12. The molecule has 1 saturated carbocycles. The molecular weight excluding hydrogens is 212 g/mol. The van der Waals surface area contributed by atoms with Crippen LogP contribution in [0.25, 0.3) is 6.08 Å². The standard InChI is InChI=1S/C15H18O2/c1-2-17-14-8-5-6-12(11-14)10-13-7-3-4-9-15(13)16/h5-6,8,10-11H,2-4,7,9H2,1H3/b13-10+. The van der Waals surface area contributed by atoms with Crippen LogP contribution in [0.5, 0.6) is 5.75 Å². The van der Waals surface area contributed by atoms with Gasteiger partial charge in [-0.2, -0.15) is 0 Å². The molecular formula is C15H18O2. The second-order valence-corrected chi connectivity index (χ2v) is 4.31. The number of carbonyl (C=O) groups is 1. The minimum absolute atomic E-state index is 0.304. The zero-order valence-corrected chi connectivity index (χ0v) is 10.2. The van der Waals surface area contributed by atoms with Crippen LogP contribution in [0.3, 0.4) is 0 Å². The second kappa shape index (κ2) is 5.67. The maximum Gasteiger partial charge on any atom is 0.158 e. The smallest absolute Gasteiger partial charge is 0.158 e. The third-order valence-corrected chi connectivity index (χ3v) is 2.97. The number of ether oxygens (including phenoxy) is 1. The van der Waals surface area contributed by atoms with Gasteiger partial charge in [-0.25, -0.2) is 0 Å². The normalized spacial score (nSPS) is 18.4. The SMILES string of the molecule is CCOc1cccc(/C=C2\CCCCC2=O)c1. The van der Waals surface area contributed by atoms with Gasteiger partial charge in [0.1, 0.15) is 5.75 Å². The van der Waals surface area contributed by atoms with Crippen molar-refractivity contribution in [3.05, 3.63) is 35.4 Å². The summed E-state index contributed by atoms with van der Waals surface area (Å²) in [6, 6.07) is 7.90. The molecule has 0 N–H and O–H groups in total. The Balaban J connectivity index is 2.19. The predicted molar refractivity (Wildman–Crippen MR) is 69.1 cm³/mol. The van der Waals surface area contributed by atoms with Crippen molar-refractivity contribution in [3.8, 4) is 5.75 Å². The number of allylic oxidation sites excluding steroid dienone is 1. The molecule has 1 aliphatic carbocycles. The third kappa shape index (κ3) is 3.19. The van der Waals surface area contributed by atoms with Crippen molar-refractivity contribution in [2.75, 3.05) is 6.61 Å². The Morgan fingerprint density at radius 2 is 2.12 bits per heavy atom. The average Bonchev–Trinajstić information content (AvgIpc) is 2.33. The lowest BCUT2D eigenvalue weighted by molar-refractivity contribution is -0.116. The van der Waals surface area contributed by atoms with E-state index in [9.17, 15) is 4.79 Å². The first-order valence-corrected chi connectivity index (χ1v) is 6.26. The minimum atomic E-state index is 0.304. The van der Waals surface area contributed by atoms with Crippen molar-refractivity contribution in [2.24, 2.45) is 0 Å². The van der Waals surface area contributed by atoms with Crippen molar-refractivity contribution in [3.63, 3.8) is 0 Å². The van der Waals surface area contributed by atoms with Gasteiger partial charge in [0, 0.05) is 6.42 Å². The molecule has 0 aliphatic heterocycles. The quantitative estimate of drug-likeness (QED) is 0.741. The number of hydrogen-bond donors (Lipinski definition) is 0. The average molecular weight is 230 g/mol. The van der Waals surface area contributed by atoms with Gasteiger partial charge >= 0.3 is 0 Å². The highest BCUT2D eigenvalue weighted by molar-refractivity contribution is 6.00. The van der Waals surface area contributed by atoms with Crippen LogP contribution in [-0.4, -0.2) is 12.4 Å². The first kappa shape index (κ1) is 11.9. The fraction of sp³-hybridized carbons (Fsp3) is 0.400. The van der Waals surface area contributed by atoms with Crippen molar-refractivity contribution in [1.82, 2.24) is 0 Å². The molecule has 0 aromatic heterocycles. The molecule has 1 aromatic carbocycles. The van der Waals surface area contributed by atoms with Crippen LogP contribution < -0.4 is 4.74 Å². The topological polar surface area (TPSA) is 26.3 Å². The zero-order valence-electron chi connectivity index (χ0n) is 10.2. The van der Waals surface area contributed by atoms with Gasteiger partial charge in [-0.05, 0) is 55.5 Å². The molecule has 0 bridgehead atoms. The van der Waals surface area contributed by atoms with Crippen LogP contribution in [-0.2, 0) is 4.79 Å². The lowest BCUT2D eigenvalue weighted by Gasteiger charge is -2.12. The number of benzene rings is 1. The fourth-order valence-electron chi connectivity index (χ4n) is 2.12. The van der Waals surface area contributed by atoms with Crippen LogP contribution in [0.4, 0.5) is 0 Å². The van der Waals surface area contributed by atoms with E-state index in [1.165, 1.54) is 0 Å². The number of rotatable bonds is 3. The summed E-state index contributed by atoms with van der Waals surface area (Å²) in [4.78, 5) is 11.7. The highest BCUT2D eigenvalue weighted by Gasteiger charge is 2.14. The van der Waals surface area contributed by atoms with Gasteiger partial charge in [0.05, 0.1) is 6.61 Å². The lowest BCUT2D eigenvalue weighted by Crippen LogP contribution is -2.07. The van der Waals surface area contributed by atoms with Crippen molar-refractivity contribution < 1.29 is 9.53 Å². The minimum Gasteiger partial charge on any atom is -0.494 e. The summed E-state index contributed by atoms with van der Waals surface area (Å²) in [5.74, 6) is 1.17. The summed E-state index contributed by atoms with van der Waals surface area (Å²) < 4.78 is 5.45. The Morgan fingerprint density at radius 3 is 2.88 bits per heavy atom. The summed E-state index contributed by atoms with van der Waals surface area (Å²) in [5, 5.41) is 0. The van der Waals surface area contributed by atoms with Crippen molar-refractivity contribution >= 4 is 11.9 Å². The molecule has 2 rings (SSSR count). The Kier molecular flexibility index (Phi) is 3.97. The molecule has 2 heteroatoms. The van der Waals surface area contributed by atoms with E-state index in [0.717, 1.165) is 36.1 Å². The number of carbonyl (C=O) groups excluding carboxylic acids is 1. The molecule has 1 fully saturated rings. The molecule has 0 unspecified atom stereocenters. The molecule has 0 radical (unpaired) electrons. The van der Waals surface area contributed by atoms with E-state index in [1.807, 2.05) is 37.3 Å². The molecule has 0 atom stereocenters.